The van der Waals surface area contributed by atoms with E-state index in [-0.39, 0.29) is 0 Å². The van der Waals surface area contributed by atoms with Gasteiger partial charge in [-0.05, 0) is 6.92 Å². The fourth-order valence-corrected chi connectivity index (χ4v) is 9.11. The standard InChI is InChI=1S/C40H66N2O31/c1-8-17(48)23(54)26(57)37(64-8)73-33-31(71-39-28(59)30(19(50)12(5-44)67-39)70-38-27(58)24(55)25(56)32(72-38)34(60)61)20(51)13(6-45)68-40(33)69-29-16(42-10(3)47)35(62)65-14(21(29)52)7-63-36-15(41-9(2)46)22(53)18(49)11(4-43)66-36/h8,11-33,35-40,43-45,48-59,62H,4-7H2,1-3H3,(H,41,46)(H,42,47)(H,60,61)/t8-,11+,12+,13+,14+,15+,16+,17+,18+,19-,20-,21-,22+,23+,24-,25-,26-,27+,28+,29+,30-,31-,32-,33+,35-,36+,37-,38+,39-,40-/m0/s1. The topological polar surface area (TPSA) is 521 Å². The van der Waals surface area contributed by atoms with Gasteiger partial charge >= 0.3 is 5.97 Å². The number of aliphatic carboxylic acids is 1. The van der Waals surface area contributed by atoms with Crippen molar-refractivity contribution in [1.82, 2.24) is 10.6 Å². The normalized spacial score (nSPS) is 49.7. The number of hydrogen-bond donors (Lipinski definition) is 19. The number of nitrogens with one attached hydrogen (secondary N) is 2. The highest BCUT2D eigenvalue weighted by atomic mass is 16.8. The van der Waals surface area contributed by atoms with Crippen LogP contribution in [0.4, 0.5) is 0 Å². The first-order chi connectivity index (χ1) is 34.3. The summed E-state index contributed by atoms with van der Waals surface area (Å²) in [5, 5.41) is 187. The lowest BCUT2D eigenvalue weighted by Gasteiger charge is -2.51. The first kappa shape index (κ1) is 59.6. The molecular formula is C40H66N2O31. The molecule has 73 heavy (non-hydrogen) atoms. The second-order valence-electron chi connectivity index (χ2n) is 18.3. The maximum Gasteiger partial charge on any atom is 0.335 e. The highest BCUT2D eigenvalue weighted by Gasteiger charge is 2.58. The van der Waals surface area contributed by atoms with Gasteiger partial charge in [-0.1, -0.05) is 0 Å². The van der Waals surface area contributed by atoms with E-state index in [1.54, 1.807) is 0 Å². The van der Waals surface area contributed by atoms with Crippen LogP contribution in [0, 0.1) is 0 Å². The van der Waals surface area contributed by atoms with E-state index in [0.717, 1.165) is 13.8 Å². The smallest absolute Gasteiger partial charge is 0.335 e. The van der Waals surface area contributed by atoms with Crippen molar-refractivity contribution in [3.8, 4) is 0 Å². The molecule has 6 aliphatic rings. The van der Waals surface area contributed by atoms with Crippen LogP contribution < -0.4 is 10.6 Å². The number of rotatable bonds is 17. The van der Waals surface area contributed by atoms with Gasteiger partial charge in [0.05, 0.1) is 32.5 Å². The van der Waals surface area contributed by atoms with Crippen LogP contribution in [0.1, 0.15) is 20.8 Å². The Balaban J connectivity index is 1.34. The highest BCUT2D eigenvalue weighted by Crippen LogP contribution is 2.37. The van der Waals surface area contributed by atoms with Crippen LogP contribution in [0.15, 0.2) is 0 Å². The van der Waals surface area contributed by atoms with Crippen LogP contribution in [0.3, 0.4) is 0 Å². The number of carboxylic acids is 1. The summed E-state index contributed by atoms with van der Waals surface area (Å²) in [4.78, 5) is 36.4. The Hall–Kier alpha value is -2.67. The maximum absolute atomic E-state index is 12.5. The van der Waals surface area contributed by atoms with E-state index in [1.807, 2.05) is 0 Å². The molecule has 0 bridgehead atoms. The van der Waals surface area contributed by atoms with Gasteiger partial charge in [0.1, 0.15) is 134 Å². The molecule has 0 aliphatic carbocycles. The average Bonchev–Trinajstić information content (AvgIpc) is 3.34. The van der Waals surface area contributed by atoms with Crippen LogP contribution in [0.2, 0.25) is 0 Å². The number of aliphatic hydroxyl groups excluding tert-OH is 16. The van der Waals surface area contributed by atoms with Crippen molar-refractivity contribution >= 4 is 17.8 Å². The monoisotopic (exact) mass is 1070 g/mol. The Kier molecular flexibility index (Phi) is 20.6. The summed E-state index contributed by atoms with van der Waals surface area (Å²) in [5.41, 5.74) is 0. The lowest BCUT2D eigenvalue weighted by atomic mass is 9.94. The van der Waals surface area contributed by atoms with Gasteiger partial charge in [0.25, 0.3) is 0 Å². The van der Waals surface area contributed by atoms with Gasteiger partial charge in [0.2, 0.25) is 11.8 Å². The van der Waals surface area contributed by atoms with Crippen LogP contribution in [0.25, 0.3) is 0 Å². The number of carbonyl (C=O) groups is 3. The molecule has 19 N–H and O–H groups in total. The van der Waals surface area contributed by atoms with Crippen molar-refractivity contribution < 1.29 is 153 Å². The summed E-state index contributed by atoms with van der Waals surface area (Å²) in [7, 11) is 0. The van der Waals surface area contributed by atoms with E-state index in [4.69, 9.17) is 52.1 Å². The fraction of sp³-hybridized carbons (Fsp3) is 0.925. The Morgan fingerprint density at radius 2 is 0.877 bits per heavy atom. The van der Waals surface area contributed by atoms with E-state index in [9.17, 15) is 101 Å². The Labute approximate surface area is 412 Å². The molecule has 0 spiro atoms. The third kappa shape index (κ3) is 12.9. The van der Waals surface area contributed by atoms with Crippen molar-refractivity contribution in [2.45, 2.75) is 205 Å². The van der Waals surface area contributed by atoms with Gasteiger partial charge in [-0.15, -0.1) is 0 Å². The van der Waals surface area contributed by atoms with Gasteiger partial charge in [-0.2, -0.15) is 0 Å². The predicted molar refractivity (Wildman–Crippen MR) is 221 cm³/mol. The molecule has 6 fully saturated rings. The number of hydrogen-bond acceptors (Lipinski definition) is 30. The zero-order valence-electron chi connectivity index (χ0n) is 39.0. The van der Waals surface area contributed by atoms with E-state index in [1.165, 1.54) is 6.92 Å². The Bertz CT molecular complexity index is 1810. The van der Waals surface area contributed by atoms with Gasteiger partial charge in [-0.3, -0.25) is 9.59 Å². The molecule has 33 heteroatoms. The third-order valence-corrected chi connectivity index (χ3v) is 13.1. The summed E-state index contributed by atoms with van der Waals surface area (Å²) >= 11 is 0. The van der Waals surface area contributed by atoms with Crippen LogP contribution >= 0.6 is 0 Å². The fourth-order valence-electron chi connectivity index (χ4n) is 9.11. The quantitative estimate of drug-likeness (QED) is 0.0643. The molecule has 422 valence electrons. The molecule has 0 radical (unpaired) electrons. The number of carboxylic acid groups (broad SMARTS) is 1. The zero-order chi connectivity index (χ0) is 54.1. The Morgan fingerprint density at radius 3 is 1.45 bits per heavy atom. The van der Waals surface area contributed by atoms with Crippen molar-refractivity contribution in [2.75, 3.05) is 26.4 Å². The first-order valence-corrected chi connectivity index (χ1v) is 23.0. The Morgan fingerprint density at radius 1 is 0.425 bits per heavy atom. The summed E-state index contributed by atoms with van der Waals surface area (Å²) in [5.74, 6) is -3.39. The number of aliphatic hydroxyl groups is 16. The molecular weight excluding hydrogens is 1000 g/mol. The maximum atomic E-state index is 12.5. The van der Waals surface area contributed by atoms with E-state index in [0.29, 0.717) is 0 Å². The van der Waals surface area contributed by atoms with Crippen LogP contribution in [-0.2, 0) is 66.5 Å². The molecule has 0 unspecified atom stereocenters. The van der Waals surface area contributed by atoms with Crippen LogP contribution in [-0.4, -0.2) is 315 Å². The van der Waals surface area contributed by atoms with Crippen LogP contribution in [0.5, 0.6) is 0 Å². The average molecular weight is 1070 g/mol. The predicted octanol–water partition coefficient (Wildman–Crippen LogP) is -12.7. The number of carbonyl (C=O) groups excluding carboxylic acids is 2. The minimum absolute atomic E-state index is 0.716. The molecule has 30 atom stereocenters. The molecule has 0 aromatic rings. The molecule has 33 nitrogen and oxygen atoms in total. The highest BCUT2D eigenvalue weighted by molar-refractivity contribution is 5.74. The third-order valence-electron chi connectivity index (χ3n) is 13.1. The van der Waals surface area contributed by atoms with Crippen molar-refractivity contribution in [2.24, 2.45) is 0 Å². The minimum atomic E-state index is -2.34. The molecule has 6 heterocycles. The van der Waals surface area contributed by atoms with Crippen molar-refractivity contribution in [3.63, 3.8) is 0 Å². The molecule has 6 saturated heterocycles. The summed E-state index contributed by atoms with van der Waals surface area (Å²) < 4.78 is 63.0. The van der Waals surface area contributed by atoms with Crippen molar-refractivity contribution in [3.05, 3.63) is 0 Å². The molecule has 0 aromatic heterocycles. The van der Waals surface area contributed by atoms with Gasteiger partial charge in [0.15, 0.2) is 43.8 Å². The largest absolute Gasteiger partial charge is 0.479 e. The van der Waals surface area contributed by atoms with E-state index < -0.39 is 228 Å². The van der Waals surface area contributed by atoms with Crippen molar-refractivity contribution in [1.29, 1.82) is 0 Å². The van der Waals surface area contributed by atoms with Gasteiger partial charge < -0.3 is 150 Å². The lowest BCUT2D eigenvalue weighted by Crippen LogP contribution is -2.70. The van der Waals surface area contributed by atoms with E-state index >= 15 is 0 Å². The summed E-state index contributed by atoms with van der Waals surface area (Å²) in [6.07, 6.45) is -55.9. The molecule has 0 saturated carbocycles. The SMILES string of the molecule is CC(=O)N[C@@H]1[C@@H](O[C@@H]2O[C@H](CO)[C@H](O)[C@H](O[C@@H]3O[C@H](CO)[C@H](O)[C@H](O[C@@H]4O[C@H](C(=O)O)[C@@H](O)[C@H](O)[C@H]4O)[C@H]3O)[C@H]2O[C@@H]2O[C@@H](C)[C@@H](O)[C@@H](O)[C@@H]2O)[C@@H](O)[C@@H](CO[C@@H]2O[C@H](CO)[C@@H](O)[C@H](O)[C@H]2NC(C)=O)O[C@@H]1O. The number of amides is 2. The molecule has 6 aliphatic heterocycles. The van der Waals surface area contributed by atoms with E-state index in [2.05, 4.69) is 10.6 Å². The summed E-state index contributed by atoms with van der Waals surface area (Å²) in [6, 6.07) is -3.27. The second-order valence-corrected chi connectivity index (χ2v) is 18.3. The second kappa shape index (κ2) is 25.2. The summed E-state index contributed by atoms with van der Waals surface area (Å²) in [6.45, 7) is -0.529. The molecule has 2 amide bonds. The number of ether oxygens (including phenoxy) is 11. The van der Waals surface area contributed by atoms with Gasteiger partial charge in [0, 0.05) is 13.8 Å². The minimum Gasteiger partial charge on any atom is -0.479 e. The van der Waals surface area contributed by atoms with Gasteiger partial charge in [-0.25, -0.2) is 4.79 Å². The zero-order valence-corrected chi connectivity index (χ0v) is 39.0. The molecule has 0 aromatic carbocycles. The lowest BCUT2D eigenvalue weighted by molar-refractivity contribution is -0.405. The first-order valence-electron chi connectivity index (χ1n) is 23.0. The molecule has 6 rings (SSSR count).